The number of aryl methyl sites for hydroxylation is 2. The summed E-state index contributed by atoms with van der Waals surface area (Å²) in [6.07, 6.45) is 8.99. The summed E-state index contributed by atoms with van der Waals surface area (Å²) in [6, 6.07) is 33.8. The first-order valence-electron chi connectivity index (χ1n) is 24.1. The number of aromatic nitrogens is 4. The Bertz CT molecular complexity index is 3130. The molecule has 9 heteroatoms. The molecule has 63 heavy (non-hydrogen) atoms. The smallest absolute Gasteiger partial charge is 0.164 e. The van der Waals surface area contributed by atoms with Gasteiger partial charge in [0.05, 0.1) is 16.7 Å². The van der Waals surface area contributed by atoms with Crippen LogP contribution >= 0.6 is 0 Å². The molecule has 0 spiro atoms. The van der Waals surface area contributed by atoms with Gasteiger partial charge in [0.1, 0.15) is 11.7 Å². The molecule has 9 rings (SSSR count). The van der Waals surface area contributed by atoms with Gasteiger partial charge < -0.3 is 14.4 Å². The number of nitriles is 1. The average molecular weight is 1030 g/mol. The van der Waals surface area contributed by atoms with Crippen molar-refractivity contribution in [3.63, 3.8) is 0 Å². The molecule has 0 N–H and O–H groups in total. The van der Waals surface area contributed by atoms with E-state index in [1.54, 1.807) is 18.2 Å². The van der Waals surface area contributed by atoms with Crippen LogP contribution in [0.3, 0.4) is 0 Å². The topological polar surface area (TPSA) is 88.5 Å². The first-order chi connectivity index (χ1) is 32.2. The van der Waals surface area contributed by atoms with Gasteiger partial charge in [-0.2, -0.15) is 5.26 Å². The van der Waals surface area contributed by atoms with Crippen LogP contribution in [0.1, 0.15) is 99.9 Å². The van der Waals surface area contributed by atoms with E-state index in [1.165, 1.54) is 55.5 Å². The van der Waals surface area contributed by atoms with Crippen LogP contribution in [0.5, 0.6) is 0 Å². The van der Waals surface area contributed by atoms with Crippen molar-refractivity contribution in [2.45, 2.75) is 97.2 Å². The molecule has 1 fully saturated rings. The number of hydrogen-bond donors (Lipinski definition) is 0. The number of halogens is 1. The maximum absolute atomic E-state index is 12.7. The molecule has 0 aliphatic carbocycles. The molecule has 1 aliphatic rings. The van der Waals surface area contributed by atoms with Gasteiger partial charge in [-0.15, -0.1) is 48.0 Å². The Morgan fingerprint density at radius 1 is 0.794 bits per heavy atom. The second kappa shape index (κ2) is 19.0. The quantitative estimate of drug-likeness (QED) is 0.117. The van der Waals surface area contributed by atoms with Crippen molar-refractivity contribution < 1.29 is 37.1 Å². The molecule has 5 heterocycles. The van der Waals surface area contributed by atoms with Crippen LogP contribution in [0.4, 0.5) is 4.39 Å². The molecule has 8 aromatic rings. The van der Waals surface area contributed by atoms with Gasteiger partial charge in [-0.05, 0) is 101 Å². The van der Waals surface area contributed by atoms with E-state index in [9.17, 15) is 9.65 Å². The molecule has 6 nitrogen and oxygen atoms in total. The molecule has 0 amide bonds. The Morgan fingerprint density at radius 2 is 1.51 bits per heavy atom. The van der Waals surface area contributed by atoms with Crippen molar-refractivity contribution in [1.29, 1.82) is 5.26 Å². The summed E-state index contributed by atoms with van der Waals surface area (Å²) < 4.78 is 66.4. The minimum absolute atomic E-state index is 0. The van der Waals surface area contributed by atoms with E-state index in [4.69, 9.17) is 27.6 Å². The van der Waals surface area contributed by atoms with Gasteiger partial charge in [-0.1, -0.05) is 106 Å². The number of pyridine rings is 2. The largest absolute Gasteiger partial charge is 0.500 e. The SMILES string of the molecule is [2H]C([2H])([2H])c1ccc(-c2[c-]cc(F)cc2)nc1.[2H]C([2H])([2H])c1cnc(-c2[c-]ccc3c2oc2c(-c4ncc(C5CC[Si](C)(C)CC5)cn4)c(C#N)ccc23)cc1-c1c(C(C)C)cccc1C(C)C.[Ir]. The molecule has 0 bridgehead atoms. The van der Waals surface area contributed by atoms with E-state index in [-0.39, 0.29) is 48.9 Å². The van der Waals surface area contributed by atoms with Gasteiger partial charge in [0.2, 0.25) is 0 Å². The Morgan fingerprint density at radius 3 is 2.13 bits per heavy atom. The van der Waals surface area contributed by atoms with E-state index in [1.807, 2.05) is 36.7 Å². The Kier molecular flexibility index (Phi) is 11.4. The fourth-order valence-corrected chi connectivity index (χ4v) is 11.0. The van der Waals surface area contributed by atoms with Crippen molar-refractivity contribution in [2.75, 3.05) is 0 Å². The van der Waals surface area contributed by atoms with Crippen molar-refractivity contribution >= 4 is 30.0 Å². The molecule has 0 unspecified atom stereocenters. The number of rotatable bonds is 7. The normalized spacial score (nSPS) is 15.6. The van der Waals surface area contributed by atoms with Crippen LogP contribution in [0.25, 0.3) is 67.0 Å². The molecule has 4 aromatic heterocycles. The van der Waals surface area contributed by atoms with Gasteiger partial charge in [-0.25, -0.2) is 9.97 Å². The van der Waals surface area contributed by atoms with Crippen molar-refractivity contribution in [1.82, 2.24) is 19.9 Å². The number of nitrogens with zero attached hydrogens (tertiary/aromatic N) is 5. The Labute approximate surface area is 393 Å². The zero-order valence-corrected chi connectivity index (χ0v) is 39.6. The fourth-order valence-electron chi connectivity index (χ4n) is 8.50. The Hall–Kier alpha value is -5.65. The number of furan rings is 1. The first kappa shape index (κ1) is 37.9. The van der Waals surface area contributed by atoms with Crippen LogP contribution in [0, 0.1) is 43.0 Å². The summed E-state index contributed by atoms with van der Waals surface area (Å²) in [6.45, 7) is 8.94. The summed E-state index contributed by atoms with van der Waals surface area (Å²) in [7, 11) is -1.09. The maximum atomic E-state index is 12.7. The van der Waals surface area contributed by atoms with Gasteiger partial charge in [0, 0.05) is 72.4 Å². The van der Waals surface area contributed by atoms with Gasteiger partial charge in [-0.3, -0.25) is 4.39 Å². The van der Waals surface area contributed by atoms with E-state index in [0.29, 0.717) is 62.1 Å². The molecule has 1 aliphatic heterocycles. The average Bonchev–Trinajstić information content (AvgIpc) is 3.70. The Balaban J connectivity index is 0.000000329. The maximum Gasteiger partial charge on any atom is 0.164 e. The molecule has 1 radical (unpaired) electrons. The van der Waals surface area contributed by atoms with Crippen molar-refractivity contribution in [3.05, 3.63) is 155 Å². The first-order valence-corrected chi connectivity index (χ1v) is 24.6. The predicted molar refractivity (Wildman–Crippen MR) is 252 cm³/mol. The third kappa shape index (κ3) is 9.50. The van der Waals surface area contributed by atoms with Gasteiger partial charge in [0.25, 0.3) is 0 Å². The molecule has 0 atom stereocenters. The second-order valence-electron chi connectivity index (χ2n) is 17.5. The molecule has 0 saturated carbocycles. The zero-order valence-electron chi connectivity index (χ0n) is 42.2. The monoisotopic (exact) mass is 1030 g/mol. The van der Waals surface area contributed by atoms with E-state index < -0.39 is 21.8 Å². The predicted octanol–water partition coefficient (Wildman–Crippen LogP) is 14.6. The molecular weight excluding hydrogens is 974 g/mol. The third-order valence-electron chi connectivity index (χ3n) is 12.0. The minimum Gasteiger partial charge on any atom is -0.500 e. The van der Waals surface area contributed by atoms with Gasteiger partial charge >= 0.3 is 0 Å². The standard InChI is InChI=1S/C42H43N4OSi.C12H9FN.Ir/c1-25(2)31-10-8-11-32(26(3)4)39(31)36-20-37(44-22-27(36)5)35-13-9-12-33-34-15-14-29(21-43)38(41(34)47-40(33)35)42-45-23-30(24-46-42)28-16-18-48(6,7)19-17-28;1-9-2-7-12(14-8-9)10-3-5-11(13)6-4-10;/h8-12,14-15,20,22-26,28H,16-19H2,1-7H3;2-3,5-8H,1H3;/q2*-1;/i5D3;1D3;. The number of fused-ring (bicyclic) bond motifs is 3. The summed E-state index contributed by atoms with van der Waals surface area (Å²) in [5, 5.41) is 11.9. The summed E-state index contributed by atoms with van der Waals surface area (Å²) in [5.41, 5.74) is 9.71. The second-order valence-corrected chi connectivity index (χ2v) is 22.9. The molecule has 1 saturated heterocycles. The minimum atomic E-state index is -2.37. The molecule has 321 valence electrons. The molecular formula is C54H52FIrN5OSi-2. The molecule has 4 aromatic carbocycles. The number of benzene rings is 4. The van der Waals surface area contributed by atoms with E-state index in [0.717, 1.165) is 33.0 Å². The third-order valence-corrected chi connectivity index (χ3v) is 15.3. The summed E-state index contributed by atoms with van der Waals surface area (Å²) >= 11 is 0. The van der Waals surface area contributed by atoms with Crippen molar-refractivity contribution in [2.24, 2.45) is 0 Å². The van der Waals surface area contributed by atoms with Crippen LogP contribution in [0.2, 0.25) is 25.2 Å². The van der Waals surface area contributed by atoms with Gasteiger partial charge in [0.15, 0.2) is 5.82 Å². The van der Waals surface area contributed by atoms with Crippen LogP contribution in [0.15, 0.2) is 108 Å². The number of hydrogen-bond acceptors (Lipinski definition) is 6. The van der Waals surface area contributed by atoms with E-state index in [2.05, 4.69) is 82.2 Å². The fraction of sp³-hybridized carbons (Fsp3) is 0.278. The van der Waals surface area contributed by atoms with Crippen LogP contribution in [-0.4, -0.2) is 28.0 Å². The summed E-state index contributed by atoms with van der Waals surface area (Å²) in [5.74, 6) is 0.891. The van der Waals surface area contributed by atoms with Crippen LogP contribution < -0.4 is 0 Å². The van der Waals surface area contributed by atoms with E-state index >= 15 is 0 Å². The van der Waals surface area contributed by atoms with Crippen molar-refractivity contribution in [3.8, 4) is 51.1 Å². The zero-order chi connectivity index (χ0) is 48.7. The van der Waals surface area contributed by atoms with Crippen LogP contribution in [-0.2, 0) is 20.1 Å². The summed E-state index contributed by atoms with van der Waals surface area (Å²) in [4.78, 5) is 18.4.